The van der Waals surface area contributed by atoms with E-state index in [4.69, 9.17) is 0 Å². The van der Waals surface area contributed by atoms with Crippen molar-refractivity contribution in [1.82, 2.24) is 5.43 Å². The Morgan fingerprint density at radius 2 is 2.28 bits per heavy atom. The molecule has 0 radical (unpaired) electrons. The van der Waals surface area contributed by atoms with Crippen LogP contribution < -0.4 is 5.43 Å². The van der Waals surface area contributed by atoms with Crippen LogP contribution >= 0.6 is 0 Å². The average Bonchev–Trinajstić information content (AvgIpc) is 3.15. The van der Waals surface area contributed by atoms with Crippen molar-refractivity contribution in [3.05, 3.63) is 33.9 Å². The van der Waals surface area contributed by atoms with E-state index >= 15 is 0 Å². The number of aromatic hydroxyl groups is 1. The Balaban J connectivity index is 2.07. The lowest BCUT2D eigenvalue weighted by Gasteiger charge is -1.99. The number of hydrogen-bond donors (Lipinski definition) is 2. The van der Waals surface area contributed by atoms with Crippen molar-refractivity contribution in [3.63, 3.8) is 0 Å². The highest BCUT2D eigenvalue weighted by Crippen LogP contribution is 2.28. The summed E-state index contributed by atoms with van der Waals surface area (Å²) in [4.78, 5) is 21.2. The molecule has 7 nitrogen and oxygen atoms in total. The number of carbonyl (C=O) groups is 1. The molecular formula is C11H11N3O4. The Hall–Kier alpha value is -2.44. The number of amides is 1. The molecule has 1 aliphatic carbocycles. The summed E-state index contributed by atoms with van der Waals surface area (Å²) >= 11 is 0. The van der Waals surface area contributed by atoms with Crippen molar-refractivity contribution in [1.29, 1.82) is 0 Å². The molecule has 0 aliphatic heterocycles. The van der Waals surface area contributed by atoms with E-state index in [1.807, 2.05) is 0 Å². The second kappa shape index (κ2) is 4.82. The molecule has 0 unspecified atom stereocenters. The summed E-state index contributed by atoms with van der Waals surface area (Å²) in [5.41, 5.74) is 2.35. The molecular weight excluding hydrogens is 238 g/mol. The third-order valence-corrected chi connectivity index (χ3v) is 2.55. The predicted molar refractivity (Wildman–Crippen MR) is 63.2 cm³/mol. The van der Waals surface area contributed by atoms with Crippen LogP contribution in [-0.4, -0.2) is 22.2 Å². The molecule has 1 aromatic rings. The maximum Gasteiger partial charge on any atom is 0.270 e. The molecule has 0 spiro atoms. The van der Waals surface area contributed by atoms with Crippen LogP contribution in [0, 0.1) is 16.0 Å². The fraction of sp³-hybridized carbons (Fsp3) is 0.273. The van der Waals surface area contributed by atoms with E-state index in [0.717, 1.165) is 12.8 Å². The van der Waals surface area contributed by atoms with Crippen LogP contribution in [0.1, 0.15) is 18.4 Å². The van der Waals surface area contributed by atoms with Gasteiger partial charge in [0.15, 0.2) is 0 Å². The van der Waals surface area contributed by atoms with E-state index < -0.39 is 4.92 Å². The number of nitrogens with zero attached hydrogens (tertiary/aromatic N) is 2. The molecule has 18 heavy (non-hydrogen) atoms. The zero-order chi connectivity index (χ0) is 13.1. The summed E-state index contributed by atoms with van der Waals surface area (Å²) in [5, 5.41) is 23.7. The molecule has 1 aliphatic rings. The summed E-state index contributed by atoms with van der Waals surface area (Å²) in [5.74, 6) is -0.276. The molecule has 0 atom stereocenters. The zero-order valence-electron chi connectivity index (χ0n) is 9.37. The van der Waals surface area contributed by atoms with Crippen LogP contribution in [-0.2, 0) is 4.79 Å². The van der Waals surface area contributed by atoms with Gasteiger partial charge in [0.25, 0.3) is 5.69 Å². The third kappa shape index (κ3) is 2.82. The number of rotatable bonds is 4. The number of nitrogens with one attached hydrogen (secondary N) is 1. The van der Waals surface area contributed by atoms with Gasteiger partial charge < -0.3 is 5.11 Å². The van der Waals surface area contributed by atoms with E-state index in [0.29, 0.717) is 0 Å². The first-order valence-corrected chi connectivity index (χ1v) is 5.38. The van der Waals surface area contributed by atoms with Gasteiger partial charge in [0, 0.05) is 23.6 Å². The summed E-state index contributed by atoms with van der Waals surface area (Å²) in [6.45, 7) is 0. The Kier molecular flexibility index (Phi) is 3.22. The number of non-ortho nitro benzene ring substituents is 1. The van der Waals surface area contributed by atoms with Crippen molar-refractivity contribution in [2.75, 3.05) is 0 Å². The highest BCUT2D eigenvalue weighted by atomic mass is 16.6. The maximum absolute atomic E-state index is 11.3. The number of hydrazone groups is 1. The normalized spacial score (nSPS) is 14.7. The fourth-order valence-electron chi connectivity index (χ4n) is 1.36. The van der Waals surface area contributed by atoms with Gasteiger partial charge in [0.2, 0.25) is 5.91 Å². The van der Waals surface area contributed by atoms with Crippen molar-refractivity contribution in [2.45, 2.75) is 12.8 Å². The van der Waals surface area contributed by atoms with Crippen molar-refractivity contribution < 1.29 is 14.8 Å². The Bertz CT molecular complexity index is 523. The Morgan fingerprint density at radius 3 is 2.89 bits per heavy atom. The topological polar surface area (TPSA) is 105 Å². The largest absolute Gasteiger partial charge is 0.507 e. The highest BCUT2D eigenvalue weighted by molar-refractivity contribution is 5.86. The van der Waals surface area contributed by atoms with Crippen LogP contribution in [0.3, 0.4) is 0 Å². The molecule has 2 N–H and O–H groups in total. The summed E-state index contributed by atoms with van der Waals surface area (Å²) < 4.78 is 0. The second-order valence-electron chi connectivity index (χ2n) is 4.01. The molecule has 0 bridgehead atoms. The summed E-state index contributed by atoms with van der Waals surface area (Å²) in [6.07, 6.45) is 2.91. The lowest BCUT2D eigenvalue weighted by atomic mass is 10.2. The van der Waals surface area contributed by atoms with Gasteiger partial charge in [0.05, 0.1) is 11.1 Å². The van der Waals surface area contributed by atoms with Gasteiger partial charge >= 0.3 is 0 Å². The number of benzene rings is 1. The van der Waals surface area contributed by atoms with Crippen LogP contribution in [0.2, 0.25) is 0 Å². The average molecular weight is 249 g/mol. The smallest absolute Gasteiger partial charge is 0.270 e. The van der Waals surface area contributed by atoms with Gasteiger partial charge in [-0.15, -0.1) is 0 Å². The van der Waals surface area contributed by atoms with E-state index in [9.17, 15) is 20.0 Å². The summed E-state index contributed by atoms with van der Waals surface area (Å²) in [6, 6.07) is 3.58. The highest BCUT2D eigenvalue weighted by Gasteiger charge is 2.29. The van der Waals surface area contributed by atoms with Crippen molar-refractivity contribution in [3.8, 4) is 5.75 Å². The Morgan fingerprint density at radius 1 is 1.56 bits per heavy atom. The molecule has 1 saturated carbocycles. The lowest BCUT2D eigenvalue weighted by molar-refractivity contribution is -0.384. The number of nitro benzene ring substituents is 1. The molecule has 0 aromatic heterocycles. The predicted octanol–water partition coefficient (Wildman–Crippen LogP) is 1.16. The van der Waals surface area contributed by atoms with Gasteiger partial charge in [-0.2, -0.15) is 5.10 Å². The SMILES string of the molecule is O=C(NN=Cc1cc([N+](=O)[O-])ccc1O)C1CC1. The number of carbonyl (C=O) groups excluding carboxylic acids is 1. The third-order valence-electron chi connectivity index (χ3n) is 2.55. The fourth-order valence-corrected chi connectivity index (χ4v) is 1.36. The van der Waals surface area contributed by atoms with Crippen LogP contribution in [0.4, 0.5) is 5.69 Å². The molecule has 0 saturated heterocycles. The van der Waals surface area contributed by atoms with Crippen LogP contribution in [0.5, 0.6) is 5.75 Å². The molecule has 1 fully saturated rings. The van der Waals surface area contributed by atoms with Crippen molar-refractivity contribution >= 4 is 17.8 Å². The van der Waals surface area contributed by atoms with E-state index in [-0.39, 0.29) is 28.8 Å². The van der Waals surface area contributed by atoms with Gasteiger partial charge in [-0.25, -0.2) is 5.43 Å². The van der Waals surface area contributed by atoms with Crippen LogP contribution in [0.15, 0.2) is 23.3 Å². The molecule has 0 heterocycles. The van der Waals surface area contributed by atoms with Gasteiger partial charge in [0.1, 0.15) is 5.75 Å². The summed E-state index contributed by atoms with van der Waals surface area (Å²) in [7, 11) is 0. The molecule has 7 heteroatoms. The van der Waals surface area contributed by atoms with Crippen LogP contribution in [0.25, 0.3) is 0 Å². The van der Waals surface area contributed by atoms with E-state index in [1.54, 1.807) is 0 Å². The molecule has 1 aromatic carbocycles. The first kappa shape index (κ1) is 12.0. The number of hydrogen-bond acceptors (Lipinski definition) is 5. The van der Waals surface area contributed by atoms with Gasteiger partial charge in [-0.05, 0) is 18.9 Å². The van der Waals surface area contributed by atoms with Gasteiger partial charge in [-0.1, -0.05) is 0 Å². The molecule has 2 rings (SSSR count). The zero-order valence-corrected chi connectivity index (χ0v) is 9.37. The second-order valence-corrected chi connectivity index (χ2v) is 4.01. The molecule has 94 valence electrons. The monoisotopic (exact) mass is 249 g/mol. The maximum atomic E-state index is 11.3. The minimum Gasteiger partial charge on any atom is -0.507 e. The molecule has 1 amide bonds. The minimum absolute atomic E-state index is 0.0286. The lowest BCUT2D eigenvalue weighted by Crippen LogP contribution is -2.18. The van der Waals surface area contributed by atoms with E-state index in [2.05, 4.69) is 10.5 Å². The Labute approximate surface area is 102 Å². The van der Waals surface area contributed by atoms with Gasteiger partial charge in [-0.3, -0.25) is 14.9 Å². The van der Waals surface area contributed by atoms with E-state index in [1.165, 1.54) is 24.4 Å². The number of nitro groups is 1. The first-order valence-electron chi connectivity index (χ1n) is 5.38. The quantitative estimate of drug-likeness (QED) is 0.474. The number of phenols is 1. The number of phenolic OH excluding ortho intramolecular Hbond substituents is 1. The standard InChI is InChI=1S/C11H11N3O4/c15-10-4-3-9(14(17)18)5-8(10)6-12-13-11(16)7-1-2-7/h3-7,15H,1-2H2,(H,13,16). The van der Waals surface area contributed by atoms with Crippen molar-refractivity contribution in [2.24, 2.45) is 11.0 Å². The first-order chi connectivity index (χ1) is 8.58. The minimum atomic E-state index is -0.570.